The maximum atomic E-state index is 14.2. The monoisotopic (exact) mass is 307 g/mol. The van der Waals surface area contributed by atoms with Crippen LogP contribution in [0.3, 0.4) is 0 Å². The Hall–Kier alpha value is -2.21. The smallest absolute Gasteiger partial charge is 0.408 e. The molecule has 0 bridgehead atoms. The van der Waals surface area contributed by atoms with Crippen molar-refractivity contribution >= 4 is 19.4 Å². The van der Waals surface area contributed by atoms with Crippen LogP contribution in [0.2, 0.25) is 0 Å². The quantitative estimate of drug-likeness (QED) is 0.500. The van der Waals surface area contributed by atoms with Gasteiger partial charge in [-0.15, -0.1) is 0 Å². The first-order valence-corrected chi connectivity index (χ1v) is 6.88. The van der Waals surface area contributed by atoms with Gasteiger partial charge in [0.25, 0.3) is 0 Å². The second-order valence-corrected chi connectivity index (χ2v) is 6.34. The average Bonchev–Trinajstić information content (AvgIpc) is 2.36. The van der Waals surface area contributed by atoms with Crippen molar-refractivity contribution in [1.29, 1.82) is 5.53 Å². The van der Waals surface area contributed by atoms with Gasteiger partial charge >= 0.3 is 6.09 Å². The first-order valence-electron chi connectivity index (χ1n) is 6.88. The maximum absolute atomic E-state index is 14.2. The van der Waals surface area contributed by atoms with Crippen molar-refractivity contribution in [1.82, 2.24) is 10.2 Å². The molecule has 0 fully saturated rings. The molecular weight excluding hydrogens is 286 g/mol. The molecule has 22 heavy (non-hydrogen) atoms. The Balaban J connectivity index is 3.17. The first kappa shape index (κ1) is 17.8. The summed E-state index contributed by atoms with van der Waals surface area (Å²) in [4.78, 5) is 15.0. The minimum absolute atomic E-state index is 0.0733. The largest absolute Gasteiger partial charge is 0.444 e. The summed E-state index contributed by atoms with van der Waals surface area (Å²) in [5.74, 6) is -0.468. The number of halogens is 1. The van der Waals surface area contributed by atoms with E-state index in [9.17, 15) is 9.18 Å². The van der Waals surface area contributed by atoms with Gasteiger partial charge in [0.05, 0.1) is 5.54 Å². The Labute approximate surface area is 130 Å². The molecule has 1 unspecified atom stereocenters. The van der Waals surface area contributed by atoms with E-state index in [0.717, 1.165) is 5.46 Å². The molecule has 6 nitrogen and oxygen atoms in total. The van der Waals surface area contributed by atoms with E-state index < -0.39 is 23.1 Å². The standard InChI is InChI=1S/C14H20BFN4O2/c1-13(2,3)22-12(21)19-14(4,8-18-20-17)10-7-9(15)5-6-11(10)16/h5-7,17H,8,15H2,1-4H3/p+1. The number of alkyl carbamates (subject to hydrolysis) is 1. The SMILES string of the molecule is Bc1ccc(F)c(C(C)(CN=[N+]=N)NC(=O)OC(C)(C)C)c1. The molecule has 0 heterocycles. The maximum Gasteiger partial charge on any atom is 0.408 e. The van der Waals surface area contributed by atoms with Crippen molar-refractivity contribution in [3.05, 3.63) is 29.6 Å². The lowest BCUT2D eigenvalue weighted by Gasteiger charge is -2.30. The van der Waals surface area contributed by atoms with Crippen LogP contribution in [0.4, 0.5) is 9.18 Å². The van der Waals surface area contributed by atoms with Crippen molar-refractivity contribution in [2.45, 2.75) is 38.8 Å². The van der Waals surface area contributed by atoms with Crippen molar-refractivity contribution in [3.63, 3.8) is 0 Å². The van der Waals surface area contributed by atoms with Crippen molar-refractivity contribution in [2.24, 2.45) is 5.11 Å². The van der Waals surface area contributed by atoms with Crippen LogP contribution in [0.1, 0.15) is 33.3 Å². The second-order valence-electron chi connectivity index (χ2n) is 6.34. The summed E-state index contributed by atoms with van der Waals surface area (Å²) in [5, 5.41) is 6.23. The van der Waals surface area contributed by atoms with E-state index in [1.165, 1.54) is 6.07 Å². The van der Waals surface area contributed by atoms with E-state index in [1.54, 1.807) is 39.8 Å². The van der Waals surface area contributed by atoms with Gasteiger partial charge in [0.1, 0.15) is 29.9 Å². The zero-order valence-corrected chi connectivity index (χ0v) is 13.5. The highest BCUT2D eigenvalue weighted by Gasteiger charge is 2.35. The molecule has 0 aliphatic rings. The Bertz CT molecular complexity index is 611. The third-order valence-corrected chi connectivity index (χ3v) is 2.95. The van der Waals surface area contributed by atoms with E-state index in [1.807, 2.05) is 7.85 Å². The van der Waals surface area contributed by atoms with Crippen LogP contribution in [0, 0.1) is 11.3 Å². The Morgan fingerprint density at radius 1 is 1.45 bits per heavy atom. The molecule has 1 aromatic carbocycles. The van der Waals surface area contributed by atoms with E-state index in [2.05, 4.69) is 15.3 Å². The van der Waals surface area contributed by atoms with Crippen molar-refractivity contribution < 1.29 is 13.9 Å². The molecule has 0 aliphatic carbocycles. The third-order valence-electron chi connectivity index (χ3n) is 2.95. The lowest BCUT2D eigenvalue weighted by atomic mass is 9.86. The predicted molar refractivity (Wildman–Crippen MR) is 83.4 cm³/mol. The number of nitrogens with zero attached hydrogens (tertiary/aromatic N) is 2. The zero-order chi connectivity index (χ0) is 17.0. The number of hydrogen-bond donors (Lipinski definition) is 2. The molecule has 1 amide bonds. The van der Waals surface area contributed by atoms with Gasteiger partial charge in [-0.2, -0.15) is 0 Å². The van der Waals surface area contributed by atoms with Crippen LogP contribution < -0.4 is 15.7 Å². The number of rotatable bonds is 4. The zero-order valence-electron chi connectivity index (χ0n) is 13.5. The molecule has 1 aromatic rings. The molecule has 0 spiro atoms. The summed E-state index contributed by atoms with van der Waals surface area (Å²) in [6.45, 7) is 6.75. The third kappa shape index (κ3) is 4.97. The number of benzene rings is 1. The van der Waals surface area contributed by atoms with Crippen LogP contribution in [-0.4, -0.2) is 26.1 Å². The molecule has 0 saturated heterocycles. The van der Waals surface area contributed by atoms with E-state index in [0.29, 0.717) is 0 Å². The van der Waals surface area contributed by atoms with Gasteiger partial charge in [-0.25, -0.2) is 9.18 Å². The summed E-state index contributed by atoms with van der Waals surface area (Å²) in [5.41, 5.74) is 6.06. The Kier molecular flexibility index (Phi) is 5.44. The molecule has 1 rings (SSSR count). The fourth-order valence-electron chi connectivity index (χ4n) is 1.96. The lowest BCUT2D eigenvalue weighted by molar-refractivity contribution is 0.0463. The van der Waals surface area contributed by atoms with Crippen molar-refractivity contribution in [2.75, 3.05) is 6.54 Å². The number of ether oxygens (including phenoxy) is 1. The number of amides is 1. The Morgan fingerprint density at radius 3 is 2.64 bits per heavy atom. The molecule has 1 atom stereocenters. The number of carbonyl (C=O) groups is 1. The minimum atomic E-state index is -1.16. The highest BCUT2D eigenvalue weighted by molar-refractivity contribution is 6.32. The fourth-order valence-corrected chi connectivity index (χ4v) is 1.96. The highest BCUT2D eigenvalue weighted by atomic mass is 19.1. The molecule has 0 aromatic heterocycles. The van der Waals surface area contributed by atoms with E-state index in [-0.39, 0.29) is 12.1 Å². The molecule has 2 N–H and O–H groups in total. The highest BCUT2D eigenvalue weighted by Crippen LogP contribution is 2.24. The van der Waals surface area contributed by atoms with Gasteiger partial charge < -0.3 is 10.1 Å². The summed E-state index contributed by atoms with van der Waals surface area (Å²) >= 11 is 0. The van der Waals surface area contributed by atoms with Gasteiger partial charge in [0.15, 0.2) is 6.54 Å². The van der Waals surface area contributed by atoms with E-state index in [4.69, 9.17) is 10.3 Å². The minimum Gasteiger partial charge on any atom is -0.444 e. The average molecular weight is 307 g/mol. The normalized spacial score (nSPS) is 13.7. The molecule has 0 aliphatic heterocycles. The predicted octanol–water partition coefficient (Wildman–Crippen LogP) is 1.37. The molecule has 0 radical (unpaired) electrons. The Morgan fingerprint density at radius 2 is 2.09 bits per heavy atom. The van der Waals surface area contributed by atoms with Gasteiger partial charge in [-0.3, -0.25) is 0 Å². The topological polar surface area (TPSA) is 88.6 Å². The van der Waals surface area contributed by atoms with Gasteiger partial charge in [0, 0.05) is 5.56 Å². The van der Waals surface area contributed by atoms with Crippen LogP contribution >= 0.6 is 0 Å². The van der Waals surface area contributed by atoms with Crippen LogP contribution in [-0.2, 0) is 10.3 Å². The summed E-state index contributed by atoms with van der Waals surface area (Å²) in [7, 11) is 1.82. The summed E-state index contributed by atoms with van der Waals surface area (Å²) in [6.07, 6.45) is -0.684. The second kappa shape index (κ2) is 6.70. The van der Waals surface area contributed by atoms with Gasteiger partial charge in [-0.1, -0.05) is 17.6 Å². The fraction of sp³-hybridized carbons (Fsp3) is 0.500. The molecular formula is C14H21BFN4O2+. The summed E-state index contributed by atoms with van der Waals surface area (Å²) in [6, 6.07) is 4.60. The van der Waals surface area contributed by atoms with Gasteiger partial charge in [-0.05, 0) is 33.8 Å². The number of nitrogens with one attached hydrogen (secondary N) is 2. The summed E-state index contributed by atoms with van der Waals surface area (Å²) < 4.78 is 19.4. The van der Waals surface area contributed by atoms with E-state index >= 15 is 0 Å². The van der Waals surface area contributed by atoms with Crippen LogP contribution in [0.5, 0.6) is 0 Å². The lowest BCUT2D eigenvalue weighted by Crippen LogP contribution is -2.48. The number of carbonyl (C=O) groups excluding carboxylic acids is 1. The molecule has 0 saturated carbocycles. The first-order chi connectivity index (χ1) is 10.1. The number of hydrogen-bond acceptors (Lipinski definition) is 4. The molecule has 8 heteroatoms. The van der Waals surface area contributed by atoms with Gasteiger partial charge in [0.2, 0.25) is 4.91 Å². The molecule has 118 valence electrons. The van der Waals surface area contributed by atoms with Crippen molar-refractivity contribution in [3.8, 4) is 0 Å². The van der Waals surface area contributed by atoms with Crippen LogP contribution in [0.15, 0.2) is 23.3 Å². The van der Waals surface area contributed by atoms with Crippen LogP contribution in [0.25, 0.3) is 0 Å².